The van der Waals surface area contributed by atoms with Gasteiger partial charge in [0.25, 0.3) is 0 Å². The van der Waals surface area contributed by atoms with Crippen LogP contribution in [0.2, 0.25) is 0 Å². The Morgan fingerprint density at radius 2 is 0.896 bits per heavy atom. The van der Waals surface area contributed by atoms with Gasteiger partial charge in [0.15, 0.2) is 0 Å². The summed E-state index contributed by atoms with van der Waals surface area (Å²) in [6, 6.07) is 63.0. The number of fused-ring (bicyclic) bond motifs is 8. The lowest BCUT2D eigenvalue weighted by atomic mass is 10.0. The molecule has 0 spiro atoms. The normalized spacial score (nSPS) is 11.8. The van der Waals surface area contributed by atoms with Crippen molar-refractivity contribution in [1.82, 2.24) is 14.1 Å². The molecule has 0 saturated carbocycles. The maximum absolute atomic E-state index is 5.48. The van der Waals surface area contributed by atoms with E-state index in [9.17, 15) is 0 Å². The molecule has 0 N–H and O–H groups in total. The fraction of sp³-hybridized carbons (Fsp3) is 0. The highest BCUT2D eigenvalue weighted by Crippen LogP contribution is 2.42. The zero-order valence-corrected chi connectivity index (χ0v) is 26.1. The number of hydrogen-bond acceptors (Lipinski definition) is 1. The van der Waals surface area contributed by atoms with Gasteiger partial charge >= 0.3 is 0 Å². The average molecular weight is 612 g/mol. The third-order valence-electron chi connectivity index (χ3n) is 9.68. The molecular weight excluding hydrogens is 583 g/mol. The molecule has 10 aromatic rings. The Bertz CT molecular complexity index is 2820. The van der Waals surface area contributed by atoms with Gasteiger partial charge in [-0.2, -0.15) is 0 Å². The average Bonchev–Trinajstić information content (AvgIpc) is 3.68. The molecule has 224 valence electrons. The molecule has 0 amide bonds. The number of hydrogen-bond donors (Lipinski definition) is 0. The van der Waals surface area contributed by atoms with Crippen LogP contribution in [0.25, 0.3) is 88.3 Å². The maximum Gasteiger partial charge on any atom is 0.139 e. The minimum absolute atomic E-state index is 0.904. The quantitative estimate of drug-likeness (QED) is 0.194. The van der Waals surface area contributed by atoms with E-state index in [0.29, 0.717) is 0 Å². The topological polar surface area (TPSA) is 22.8 Å². The van der Waals surface area contributed by atoms with Gasteiger partial charge in [0, 0.05) is 38.2 Å². The molecule has 0 fully saturated rings. The van der Waals surface area contributed by atoms with E-state index in [2.05, 4.69) is 185 Å². The van der Waals surface area contributed by atoms with E-state index >= 15 is 0 Å². The second-order valence-corrected chi connectivity index (χ2v) is 12.4. The third kappa shape index (κ3) is 3.98. The van der Waals surface area contributed by atoms with Crippen molar-refractivity contribution in [3.63, 3.8) is 0 Å². The second kappa shape index (κ2) is 10.5. The van der Waals surface area contributed by atoms with E-state index in [1.807, 2.05) is 0 Å². The van der Waals surface area contributed by atoms with Crippen LogP contribution in [-0.2, 0) is 0 Å². The van der Waals surface area contributed by atoms with E-state index < -0.39 is 0 Å². The lowest BCUT2D eigenvalue weighted by Gasteiger charge is -2.15. The zero-order chi connectivity index (χ0) is 31.6. The van der Waals surface area contributed by atoms with Gasteiger partial charge < -0.3 is 4.57 Å². The molecule has 7 aromatic carbocycles. The van der Waals surface area contributed by atoms with Crippen molar-refractivity contribution in [1.29, 1.82) is 0 Å². The fourth-order valence-corrected chi connectivity index (χ4v) is 7.58. The summed E-state index contributed by atoms with van der Waals surface area (Å²) in [5, 5.41) is 7.17. The first kappa shape index (κ1) is 26.7. The number of nitrogens with zero attached hydrogens (tertiary/aromatic N) is 3. The molecule has 0 saturated heterocycles. The van der Waals surface area contributed by atoms with E-state index in [4.69, 9.17) is 4.98 Å². The molecule has 0 aliphatic rings. The van der Waals surface area contributed by atoms with Crippen LogP contribution >= 0.6 is 0 Å². The molecule has 0 aliphatic heterocycles. The lowest BCUT2D eigenvalue weighted by molar-refractivity contribution is 1.09. The monoisotopic (exact) mass is 611 g/mol. The van der Waals surface area contributed by atoms with Gasteiger partial charge in [-0.25, -0.2) is 4.98 Å². The molecule has 0 aliphatic carbocycles. The van der Waals surface area contributed by atoms with Gasteiger partial charge in [0.1, 0.15) is 5.82 Å². The SMILES string of the molecule is c1ccc(-c2cccc(-n3c4ccccc4c4ccc5c6ccccc6n(-c6cc7ccccc7c(-c7ccccc7)n6)c5c43)c2)cc1. The summed E-state index contributed by atoms with van der Waals surface area (Å²) < 4.78 is 4.84. The Kier molecular flexibility index (Phi) is 5.87. The van der Waals surface area contributed by atoms with Gasteiger partial charge in [0.05, 0.1) is 27.8 Å². The molecule has 0 bridgehead atoms. The number of benzene rings is 7. The van der Waals surface area contributed by atoms with Crippen LogP contribution in [-0.4, -0.2) is 14.1 Å². The Morgan fingerprint density at radius 3 is 1.60 bits per heavy atom. The first-order chi connectivity index (χ1) is 23.8. The number of aromatic nitrogens is 3. The molecule has 48 heavy (non-hydrogen) atoms. The first-order valence-corrected chi connectivity index (χ1v) is 16.4. The van der Waals surface area contributed by atoms with Crippen molar-refractivity contribution in [3.8, 4) is 33.9 Å². The summed E-state index contributed by atoms with van der Waals surface area (Å²) in [7, 11) is 0. The van der Waals surface area contributed by atoms with Crippen LogP contribution in [0.15, 0.2) is 176 Å². The molecule has 3 nitrogen and oxygen atoms in total. The molecule has 3 heteroatoms. The van der Waals surface area contributed by atoms with Crippen molar-refractivity contribution in [2.75, 3.05) is 0 Å². The molecule has 0 atom stereocenters. The van der Waals surface area contributed by atoms with Crippen molar-refractivity contribution in [2.45, 2.75) is 0 Å². The van der Waals surface area contributed by atoms with Crippen LogP contribution in [0.1, 0.15) is 0 Å². The predicted molar refractivity (Wildman–Crippen MR) is 201 cm³/mol. The Morgan fingerprint density at radius 1 is 0.354 bits per heavy atom. The van der Waals surface area contributed by atoms with Gasteiger partial charge in [-0.1, -0.05) is 146 Å². The van der Waals surface area contributed by atoms with E-state index in [1.165, 1.54) is 43.7 Å². The van der Waals surface area contributed by atoms with Crippen molar-refractivity contribution < 1.29 is 0 Å². The fourth-order valence-electron chi connectivity index (χ4n) is 7.58. The Labute approximate surface area is 277 Å². The summed E-state index contributed by atoms with van der Waals surface area (Å²) in [6.07, 6.45) is 0. The van der Waals surface area contributed by atoms with Crippen molar-refractivity contribution in [3.05, 3.63) is 176 Å². The van der Waals surface area contributed by atoms with Crippen LogP contribution in [0, 0.1) is 0 Å². The highest BCUT2D eigenvalue weighted by atomic mass is 15.1. The van der Waals surface area contributed by atoms with Gasteiger partial charge in [-0.05, 0) is 46.8 Å². The Balaban J connectivity index is 1.37. The van der Waals surface area contributed by atoms with E-state index in [0.717, 1.165) is 44.6 Å². The minimum Gasteiger partial charge on any atom is -0.307 e. The Hall–Kier alpha value is -6.45. The summed E-state index contributed by atoms with van der Waals surface area (Å²) in [5.41, 5.74) is 10.2. The van der Waals surface area contributed by atoms with Crippen LogP contribution in [0.5, 0.6) is 0 Å². The van der Waals surface area contributed by atoms with Crippen LogP contribution in [0.4, 0.5) is 0 Å². The third-order valence-corrected chi connectivity index (χ3v) is 9.68. The summed E-state index contributed by atoms with van der Waals surface area (Å²) >= 11 is 0. The highest BCUT2D eigenvalue weighted by molar-refractivity contribution is 6.23. The minimum atomic E-state index is 0.904. The maximum atomic E-state index is 5.48. The number of para-hydroxylation sites is 2. The van der Waals surface area contributed by atoms with Crippen LogP contribution in [0.3, 0.4) is 0 Å². The highest BCUT2D eigenvalue weighted by Gasteiger charge is 2.22. The van der Waals surface area contributed by atoms with Gasteiger partial charge in [0.2, 0.25) is 0 Å². The predicted octanol–water partition coefficient (Wildman–Crippen LogP) is 11.8. The summed E-state index contributed by atoms with van der Waals surface area (Å²) in [4.78, 5) is 5.48. The van der Waals surface area contributed by atoms with Crippen molar-refractivity contribution >= 4 is 54.4 Å². The first-order valence-electron chi connectivity index (χ1n) is 16.4. The second-order valence-electron chi connectivity index (χ2n) is 12.4. The molecule has 10 rings (SSSR count). The van der Waals surface area contributed by atoms with E-state index in [-0.39, 0.29) is 0 Å². The molecular formula is C45H29N3. The van der Waals surface area contributed by atoms with Gasteiger partial charge in [-0.15, -0.1) is 0 Å². The number of rotatable bonds is 4. The molecule has 0 unspecified atom stereocenters. The molecule has 0 radical (unpaired) electrons. The molecule has 3 heterocycles. The largest absolute Gasteiger partial charge is 0.307 e. The smallest absolute Gasteiger partial charge is 0.139 e. The lowest BCUT2D eigenvalue weighted by Crippen LogP contribution is -2.02. The summed E-state index contributed by atoms with van der Waals surface area (Å²) in [5.74, 6) is 0.904. The molecule has 3 aromatic heterocycles. The summed E-state index contributed by atoms with van der Waals surface area (Å²) in [6.45, 7) is 0. The van der Waals surface area contributed by atoms with E-state index in [1.54, 1.807) is 0 Å². The van der Waals surface area contributed by atoms with Crippen LogP contribution < -0.4 is 0 Å². The van der Waals surface area contributed by atoms with Crippen molar-refractivity contribution in [2.24, 2.45) is 0 Å². The zero-order valence-electron chi connectivity index (χ0n) is 26.1. The number of pyridine rings is 1. The van der Waals surface area contributed by atoms with Gasteiger partial charge in [-0.3, -0.25) is 4.57 Å². The standard InChI is InChI=1S/C45H29N3/c1-3-14-30(15-4-1)32-19-13-20-34(28-32)47-40-24-11-9-22-36(40)38-26-27-39-37-23-10-12-25-41(37)48(45(39)44(38)47)42-29-33-18-7-8-21-35(33)43(46-42)31-16-5-2-6-17-31/h1-29H.